The van der Waals surface area contributed by atoms with Crippen molar-refractivity contribution in [1.82, 2.24) is 9.97 Å². The van der Waals surface area contributed by atoms with Gasteiger partial charge in [-0.25, -0.2) is 9.97 Å². The van der Waals surface area contributed by atoms with Gasteiger partial charge in [0, 0.05) is 5.56 Å². The van der Waals surface area contributed by atoms with Gasteiger partial charge in [-0.05, 0) is 24.3 Å². The summed E-state index contributed by atoms with van der Waals surface area (Å²) in [6.45, 7) is 0. The van der Waals surface area contributed by atoms with Gasteiger partial charge in [-0.3, -0.25) is 4.79 Å². The summed E-state index contributed by atoms with van der Waals surface area (Å²) < 4.78 is 44.6. The van der Waals surface area contributed by atoms with Crippen LogP contribution >= 0.6 is 0 Å². The largest absolute Gasteiger partial charge is 0.573 e. The molecular weight excluding hydrogens is 303 g/mol. The van der Waals surface area contributed by atoms with Crippen molar-refractivity contribution in [2.75, 3.05) is 12.4 Å². The second-order valence-corrected chi connectivity index (χ2v) is 3.98. The van der Waals surface area contributed by atoms with E-state index in [-0.39, 0.29) is 11.6 Å². The predicted octanol–water partition coefficient (Wildman–Crippen LogP) is 2.64. The van der Waals surface area contributed by atoms with Crippen molar-refractivity contribution in [3.05, 3.63) is 42.2 Å². The first kappa shape index (κ1) is 15.5. The third kappa shape index (κ3) is 4.33. The number of aromatic nitrogens is 2. The molecule has 0 saturated heterocycles. The Hall–Kier alpha value is -2.84. The Morgan fingerprint density at radius 3 is 2.23 bits per heavy atom. The molecule has 0 unspecified atom stereocenters. The highest BCUT2D eigenvalue weighted by Gasteiger charge is 2.31. The predicted molar refractivity (Wildman–Crippen MR) is 69.7 cm³/mol. The Labute approximate surface area is 122 Å². The molecule has 1 N–H and O–H groups in total. The van der Waals surface area contributed by atoms with Gasteiger partial charge in [0.2, 0.25) is 0 Å². The molecule has 1 heterocycles. The van der Waals surface area contributed by atoms with E-state index in [1.807, 2.05) is 0 Å². The van der Waals surface area contributed by atoms with Gasteiger partial charge in [0.25, 0.3) is 5.91 Å². The molecule has 0 fully saturated rings. The smallest absolute Gasteiger partial charge is 0.467 e. The Bertz CT molecular complexity index is 642. The molecule has 2 aromatic rings. The molecule has 0 aliphatic carbocycles. The lowest BCUT2D eigenvalue weighted by molar-refractivity contribution is -0.274. The zero-order valence-corrected chi connectivity index (χ0v) is 11.2. The first-order valence-electron chi connectivity index (χ1n) is 5.90. The molecule has 22 heavy (non-hydrogen) atoms. The Morgan fingerprint density at radius 1 is 1.14 bits per heavy atom. The second kappa shape index (κ2) is 6.29. The van der Waals surface area contributed by atoms with Crippen molar-refractivity contribution in [1.29, 1.82) is 0 Å². The highest BCUT2D eigenvalue weighted by atomic mass is 19.4. The van der Waals surface area contributed by atoms with E-state index >= 15 is 0 Å². The normalized spacial score (nSPS) is 10.9. The highest BCUT2D eigenvalue weighted by molar-refractivity contribution is 6.04. The van der Waals surface area contributed by atoms with Gasteiger partial charge in [0.05, 0.1) is 25.2 Å². The molecular formula is C13H10F3N3O3. The topological polar surface area (TPSA) is 73.3 Å². The molecule has 0 aliphatic rings. The van der Waals surface area contributed by atoms with E-state index in [1.54, 1.807) is 0 Å². The van der Waals surface area contributed by atoms with Gasteiger partial charge >= 0.3 is 12.4 Å². The fourth-order valence-electron chi connectivity index (χ4n) is 1.50. The molecule has 0 spiro atoms. The third-order valence-corrected chi connectivity index (χ3v) is 2.42. The fourth-order valence-corrected chi connectivity index (χ4v) is 1.50. The molecule has 1 aromatic carbocycles. The molecule has 0 atom stereocenters. The molecule has 0 aliphatic heterocycles. The van der Waals surface area contributed by atoms with Crippen molar-refractivity contribution in [2.24, 2.45) is 0 Å². The number of amides is 1. The van der Waals surface area contributed by atoms with Crippen LogP contribution in [0.5, 0.6) is 11.8 Å². The number of alkyl halides is 3. The van der Waals surface area contributed by atoms with Crippen molar-refractivity contribution in [3.8, 4) is 11.8 Å². The number of carbonyl (C=O) groups is 1. The van der Waals surface area contributed by atoms with E-state index in [9.17, 15) is 18.0 Å². The van der Waals surface area contributed by atoms with E-state index in [0.717, 1.165) is 12.1 Å². The zero-order valence-electron chi connectivity index (χ0n) is 11.2. The zero-order chi connectivity index (χ0) is 16.2. The van der Waals surface area contributed by atoms with Crippen LogP contribution in [0.3, 0.4) is 0 Å². The number of nitrogens with one attached hydrogen (secondary N) is 1. The van der Waals surface area contributed by atoms with Crippen LogP contribution in [0.4, 0.5) is 18.9 Å². The van der Waals surface area contributed by atoms with Crippen molar-refractivity contribution < 1.29 is 27.4 Å². The third-order valence-electron chi connectivity index (χ3n) is 2.42. The number of ether oxygens (including phenoxy) is 2. The molecule has 0 radical (unpaired) electrons. The van der Waals surface area contributed by atoms with Gasteiger partial charge in [-0.15, -0.1) is 13.2 Å². The van der Waals surface area contributed by atoms with Gasteiger partial charge in [-0.2, -0.15) is 0 Å². The maximum absolute atomic E-state index is 12.0. The molecule has 9 heteroatoms. The Kier molecular flexibility index (Phi) is 4.44. The SMILES string of the molecule is COc1ncc(NC(=O)c2ccc(OC(F)(F)F)cc2)cn1. The van der Waals surface area contributed by atoms with Crippen molar-refractivity contribution in [3.63, 3.8) is 0 Å². The van der Waals surface area contributed by atoms with Gasteiger partial charge in [0.1, 0.15) is 5.75 Å². The molecule has 6 nitrogen and oxygen atoms in total. The number of carbonyl (C=O) groups excluding carboxylic acids is 1. The minimum atomic E-state index is -4.77. The van der Waals surface area contributed by atoms with Gasteiger partial charge in [0.15, 0.2) is 0 Å². The first-order valence-corrected chi connectivity index (χ1v) is 5.90. The number of nitrogens with zero attached hydrogens (tertiary/aromatic N) is 2. The average Bonchev–Trinajstić information content (AvgIpc) is 2.47. The second-order valence-electron chi connectivity index (χ2n) is 3.98. The number of benzene rings is 1. The molecule has 0 bridgehead atoms. The summed E-state index contributed by atoms with van der Waals surface area (Å²) in [4.78, 5) is 19.5. The lowest BCUT2D eigenvalue weighted by Gasteiger charge is -2.09. The molecule has 1 aromatic heterocycles. The monoisotopic (exact) mass is 313 g/mol. The molecule has 0 saturated carbocycles. The minimum Gasteiger partial charge on any atom is -0.467 e. The summed E-state index contributed by atoms with van der Waals surface area (Å²) in [5, 5.41) is 2.49. The Morgan fingerprint density at radius 2 is 1.73 bits per heavy atom. The van der Waals surface area contributed by atoms with Crippen LogP contribution in [0.2, 0.25) is 0 Å². The summed E-state index contributed by atoms with van der Waals surface area (Å²) >= 11 is 0. The number of halogens is 3. The summed E-state index contributed by atoms with van der Waals surface area (Å²) in [6.07, 6.45) is -2.10. The van der Waals surface area contributed by atoms with Crippen LogP contribution in [0, 0.1) is 0 Å². The van der Waals surface area contributed by atoms with Gasteiger partial charge in [-0.1, -0.05) is 0 Å². The van der Waals surface area contributed by atoms with Crippen LogP contribution in [-0.4, -0.2) is 29.3 Å². The quantitative estimate of drug-likeness (QED) is 0.939. The van der Waals surface area contributed by atoms with Crippen LogP contribution < -0.4 is 14.8 Å². The maximum Gasteiger partial charge on any atom is 0.573 e. The maximum atomic E-state index is 12.0. The average molecular weight is 313 g/mol. The van der Waals surface area contributed by atoms with E-state index in [4.69, 9.17) is 4.74 Å². The summed E-state index contributed by atoms with van der Waals surface area (Å²) in [5.41, 5.74) is 0.478. The Balaban J connectivity index is 2.03. The van der Waals surface area contributed by atoms with Crippen molar-refractivity contribution >= 4 is 11.6 Å². The molecule has 2 rings (SSSR count). The molecule has 1 amide bonds. The number of anilines is 1. The van der Waals surface area contributed by atoms with Crippen LogP contribution in [-0.2, 0) is 0 Å². The van der Waals surface area contributed by atoms with Crippen molar-refractivity contribution in [2.45, 2.75) is 6.36 Å². The van der Waals surface area contributed by atoms with E-state index in [2.05, 4.69) is 20.0 Å². The number of hydrogen-bond acceptors (Lipinski definition) is 5. The minimum absolute atomic E-state index is 0.145. The highest BCUT2D eigenvalue weighted by Crippen LogP contribution is 2.23. The van der Waals surface area contributed by atoms with E-state index < -0.39 is 18.0 Å². The van der Waals surface area contributed by atoms with Gasteiger partial charge < -0.3 is 14.8 Å². The summed E-state index contributed by atoms with van der Waals surface area (Å²) in [7, 11) is 1.40. The number of hydrogen-bond donors (Lipinski definition) is 1. The summed E-state index contributed by atoms with van der Waals surface area (Å²) in [5.74, 6) is -0.927. The lowest BCUT2D eigenvalue weighted by atomic mass is 10.2. The summed E-state index contributed by atoms with van der Waals surface area (Å²) in [6, 6.07) is 4.66. The van der Waals surface area contributed by atoms with Crippen LogP contribution in [0.25, 0.3) is 0 Å². The number of methoxy groups -OCH3 is 1. The van der Waals surface area contributed by atoms with Crippen LogP contribution in [0.1, 0.15) is 10.4 Å². The molecule has 116 valence electrons. The first-order chi connectivity index (χ1) is 10.4. The standard InChI is InChI=1S/C13H10F3N3O3/c1-21-12-17-6-9(7-18-12)19-11(20)8-2-4-10(5-3-8)22-13(14,15)16/h2-7H,1H3,(H,19,20). The van der Waals surface area contributed by atoms with E-state index in [1.165, 1.54) is 31.6 Å². The van der Waals surface area contributed by atoms with E-state index in [0.29, 0.717) is 5.69 Å². The fraction of sp³-hybridized carbons (Fsp3) is 0.154. The van der Waals surface area contributed by atoms with Crippen LogP contribution in [0.15, 0.2) is 36.7 Å². The lowest BCUT2D eigenvalue weighted by Crippen LogP contribution is -2.17. The number of rotatable bonds is 4.